The van der Waals surface area contributed by atoms with Crippen molar-refractivity contribution in [2.45, 2.75) is 44.0 Å². The average Bonchev–Trinajstić information content (AvgIpc) is 2.75. The van der Waals surface area contributed by atoms with Gasteiger partial charge in [0.2, 0.25) is 5.78 Å². The van der Waals surface area contributed by atoms with Crippen molar-refractivity contribution in [2.24, 2.45) is 17.6 Å². The normalized spacial score (nSPS) is 28.5. The Morgan fingerprint density at radius 2 is 1.89 bits per heavy atom. The molecule has 4 rings (SSSR count). The quantitative estimate of drug-likeness (QED) is 0.341. The molecule has 4 atom stereocenters. The second-order valence-corrected chi connectivity index (χ2v) is 8.97. The number of halogens is 3. The number of hydrogen-bond donors (Lipinski definition) is 6. The number of allylic oxidation sites excluding steroid dienone is 1. The summed E-state index contributed by atoms with van der Waals surface area (Å²) in [6, 6.07) is 0.102. The van der Waals surface area contributed by atoms with Crippen molar-refractivity contribution in [3.05, 3.63) is 51.5 Å². The lowest BCUT2D eigenvalue weighted by Crippen LogP contribution is -2.64. The van der Waals surface area contributed by atoms with E-state index in [1.807, 2.05) is 0 Å². The largest absolute Gasteiger partial charge is 0.510 e. The van der Waals surface area contributed by atoms with E-state index in [1.54, 1.807) is 6.92 Å². The van der Waals surface area contributed by atoms with E-state index in [2.05, 4.69) is 5.32 Å². The molecule has 0 spiro atoms. The molecule has 0 radical (unpaired) electrons. The topological polar surface area (TPSA) is 170 Å². The van der Waals surface area contributed by atoms with Crippen LogP contribution in [0.2, 0.25) is 0 Å². The average molecular weight is 496 g/mol. The van der Waals surface area contributed by atoms with Gasteiger partial charge in [0.05, 0.1) is 17.2 Å². The molecule has 7 N–H and O–H groups in total. The number of aliphatic hydroxyl groups excluding tert-OH is 2. The van der Waals surface area contributed by atoms with Crippen molar-refractivity contribution in [3.8, 4) is 5.75 Å². The first-order valence-electron chi connectivity index (χ1n) is 10.9. The number of fused-ring (bicyclic) bond motifs is 3. The molecule has 0 saturated heterocycles. The van der Waals surface area contributed by atoms with E-state index in [-0.39, 0.29) is 13.0 Å². The molecule has 3 aliphatic carbocycles. The molecule has 0 unspecified atom stereocenters. The number of Topliss-reactive ketones (excluding diaryl/α,β-unsaturated/α-hetero) is 2. The van der Waals surface area contributed by atoms with Crippen molar-refractivity contribution >= 4 is 17.5 Å². The van der Waals surface area contributed by atoms with Crippen molar-refractivity contribution in [2.75, 3.05) is 6.54 Å². The Kier molecular flexibility index (Phi) is 5.72. The number of primary amides is 1. The lowest BCUT2D eigenvalue weighted by atomic mass is 9.58. The highest BCUT2D eigenvalue weighted by atomic mass is 19.4. The van der Waals surface area contributed by atoms with Crippen molar-refractivity contribution in [3.63, 3.8) is 0 Å². The SMILES string of the molecule is CCCN[C@@H]1C(O)=C(C(N)=O)C(=O)[C@@]2(O)C(O)=C3C(=O)c4c(O)ccc(C(F)(F)F)c4C[C@H]3C[C@@H]12. The minimum absolute atomic E-state index is 0.247. The predicted octanol–water partition coefficient (Wildman–Crippen LogP) is 1.58. The third-order valence-electron chi connectivity index (χ3n) is 7.00. The van der Waals surface area contributed by atoms with Crippen LogP contribution in [0.3, 0.4) is 0 Å². The number of carbonyl (C=O) groups excluding carboxylic acids is 3. The molecule has 0 heterocycles. The fourth-order valence-electron chi connectivity index (χ4n) is 5.48. The molecule has 0 bridgehead atoms. The van der Waals surface area contributed by atoms with Gasteiger partial charge >= 0.3 is 6.18 Å². The van der Waals surface area contributed by atoms with Gasteiger partial charge < -0.3 is 31.5 Å². The van der Waals surface area contributed by atoms with Crippen molar-refractivity contribution in [1.29, 1.82) is 0 Å². The molecular weight excluding hydrogens is 473 g/mol. The summed E-state index contributed by atoms with van der Waals surface area (Å²) in [7, 11) is 0. The number of nitrogens with one attached hydrogen (secondary N) is 1. The number of rotatable bonds is 4. The summed E-state index contributed by atoms with van der Waals surface area (Å²) in [4.78, 5) is 38.4. The second-order valence-electron chi connectivity index (χ2n) is 8.97. The first kappa shape index (κ1) is 24.7. The van der Waals surface area contributed by atoms with Gasteiger partial charge in [-0.1, -0.05) is 6.92 Å². The Morgan fingerprint density at radius 3 is 2.46 bits per heavy atom. The Bertz CT molecular complexity index is 1220. The Labute approximate surface area is 196 Å². The van der Waals surface area contributed by atoms with Gasteiger partial charge in [-0.15, -0.1) is 0 Å². The maximum Gasteiger partial charge on any atom is 0.416 e. The van der Waals surface area contributed by atoms with E-state index < -0.39 is 98.7 Å². The predicted molar refractivity (Wildman–Crippen MR) is 113 cm³/mol. The fourth-order valence-corrected chi connectivity index (χ4v) is 5.48. The summed E-state index contributed by atoms with van der Waals surface area (Å²) in [6.07, 6.45) is -5.03. The number of amides is 1. The summed E-state index contributed by atoms with van der Waals surface area (Å²) >= 11 is 0. The molecule has 0 aliphatic heterocycles. The summed E-state index contributed by atoms with van der Waals surface area (Å²) in [6.45, 7) is 2.03. The molecule has 188 valence electrons. The molecule has 1 aromatic carbocycles. The van der Waals surface area contributed by atoms with Gasteiger partial charge in [0.25, 0.3) is 5.91 Å². The number of phenols is 1. The zero-order valence-corrected chi connectivity index (χ0v) is 18.4. The number of ketones is 2. The van der Waals surface area contributed by atoms with Crippen LogP contribution in [0.25, 0.3) is 0 Å². The van der Waals surface area contributed by atoms with Gasteiger partial charge in [0.1, 0.15) is 22.8 Å². The molecule has 3 aliphatic rings. The highest BCUT2D eigenvalue weighted by molar-refractivity contribution is 6.24. The Hall–Kier alpha value is -3.38. The smallest absolute Gasteiger partial charge is 0.416 e. The monoisotopic (exact) mass is 496 g/mol. The number of hydrogen-bond acceptors (Lipinski definition) is 8. The first-order chi connectivity index (χ1) is 16.3. The molecule has 0 fully saturated rings. The minimum atomic E-state index is -4.83. The zero-order valence-electron chi connectivity index (χ0n) is 18.4. The van der Waals surface area contributed by atoms with Gasteiger partial charge in [-0.25, -0.2) is 0 Å². The molecule has 0 aromatic heterocycles. The standard InChI is InChI=1S/C23H23F3N2O7/c1-2-5-28-16-11-7-8-6-9-10(23(24,25)26)3-4-12(29)14(9)17(30)13(8)19(32)22(11,35)20(33)15(18(16)31)21(27)34/h3-4,8,11,16,28-29,31-32,35H,2,5-7H2,1H3,(H2,27,34)/t8-,11-,16-,22-/m0/s1. The van der Waals surface area contributed by atoms with Gasteiger partial charge in [0.15, 0.2) is 11.4 Å². The molecule has 35 heavy (non-hydrogen) atoms. The van der Waals surface area contributed by atoms with E-state index in [4.69, 9.17) is 5.73 Å². The number of nitrogens with two attached hydrogens (primary N) is 1. The van der Waals surface area contributed by atoms with E-state index in [1.165, 1.54) is 0 Å². The lowest BCUT2D eigenvalue weighted by molar-refractivity contribution is -0.146. The summed E-state index contributed by atoms with van der Waals surface area (Å²) in [5, 5.41) is 46.3. The van der Waals surface area contributed by atoms with Gasteiger partial charge in [-0.3, -0.25) is 14.4 Å². The van der Waals surface area contributed by atoms with Gasteiger partial charge in [0, 0.05) is 11.5 Å². The van der Waals surface area contributed by atoms with Crippen LogP contribution in [0.1, 0.15) is 41.3 Å². The van der Waals surface area contributed by atoms with Crippen molar-refractivity contribution in [1.82, 2.24) is 5.32 Å². The highest BCUT2D eigenvalue weighted by Gasteiger charge is 2.63. The van der Waals surface area contributed by atoms with E-state index in [0.717, 1.165) is 0 Å². The summed E-state index contributed by atoms with van der Waals surface area (Å²) in [5.74, 6) is -9.01. The van der Waals surface area contributed by atoms with Crippen LogP contribution in [0.15, 0.2) is 34.8 Å². The number of aromatic hydroxyl groups is 1. The summed E-state index contributed by atoms with van der Waals surface area (Å²) in [5.41, 5.74) is -1.36. The van der Waals surface area contributed by atoms with E-state index in [9.17, 15) is 48.0 Å². The Balaban J connectivity index is 1.95. The van der Waals surface area contributed by atoms with Crippen LogP contribution < -0.4 is 11.1 Å². The van der Waals surface area contributed by atoms with Gasteiger partial charge in [-0.05, 0) is 49.4 Å². The van der Waals surface area contributed by atoms with E-state index in [0.29, 0.717) is 18.6 Å². The van der Waals surface area contributed by atoms with Crippen molar-refractivity contribution < 1.29 is 48.0 Å². The minimum Gasteiger partial charge on any atom is -0.510 e. The highest BCUT2D eigenvalue weighted by Crippen LogP contribution is 2.52. The number of carbonyl (C=O) groups is 3. The number of aliphatic hydroxyl groups is 3. The van der Waals surface area contributed by atoms with Crippen LogP contribution in [-0.4, -0.2) is 56.1 Å². The third-order valence-corrected chi connectivity index (χ3v) is 7.00. The second kappa shape index (κ2) is 8.09. The number of alkyl halides is 3. The molecule has 1 aromatic rings. The maximum atomic E-state index is 13.7. The number of phenolic OH excluding ortho intramolecular Hbond substituents is 1. The Morgan fingerprint density at radius 1 is 1.23 bits per heavy atom. The van der Waals surface area contributed by atoms with Gasteiger partial charge in [-0.2, -0.15) is 13.2 Å². The van der Waals surface area contributed by atoms with E-state index >= 15 is 0 Å². The molecule has 0 saturated carbocycles. The number of benzene rings is 1. The molecule has 1 amide bonds. The first-order valence-corrected chi connectivity index (χ1v) is 10.9. The zero-order chi connectivity index (χ0) is 26.0. The molecule has 12 heteroatoms. The fraction of sp³-hybridized carbons (Fsp3) is 0.435. The molecular formula is C23H23F3N2O7. The van der Waals surface area contributed by atoms with Crippen LogP contribution in [0, 0.1) is 11.8 Å². The third kappa shape index (κ3) is 3.42. The molecule has 9 nitrogen and oxygen atoms in total. The summed E-state index contributed by atoms with van der Waals surface area (Å²) < 4.78 is 41.0. The van der Waals surface area contributed by atoms with Crippen LogP contribution in [0.5, 0.6) is 5.75 Å². The van der Waals surface area contributed by atoms with Crippen LogP contribution >= 0.6 is 0 Å². The lowest BCUT2D eigenvalue weighted by Gasteiger charge is -2.49. The maximum absolute atomic E-state index is 13.7. The van der Waals surface area contributed by atoms with Crippen LogP contribution in [-0.2, 0) is 22.2 Å². The van der Waals surface area contributed by atoms with Crippen LogP contribution in [0.4, 0.5) is 13.2 Å².